The van der Waals surface area contributed by atoms with Crippen LogP contribution in [0.2, 0.25) is 0 Å². The van der Waals surface area contributed by atoms with Gasteiger partial charge in [0.2, 0.25) is 17.7 Å². The first-order valence-corrected chi connectivity index (χ1v) is 20.8. The van der Waals surface area contributed by atoms with Crippen molar-refractivity contribution < 1.29 is 33.5 Å². The molecule has 1 spiro atoms. The van der Waals surface area contributed by atoms with Crippen LogP contribution in [0.3, 0.4) is 0 Å². The van der Waals surface area contributed by atoms with Crippen LogP contribution in [0.15, 0.2) is 78.9 Å². The van der Waals surface area contributed by atoms with Crippen molar-refractivity contribution in [2.75, 3.05) is 37.6 Å². The molecule has 10 rings (SSSR count). The number of phenols is 1. The maximum absolute atomic E-state index is 16.4. The summed E-state index contributed by atoms with van der Waals surface area (Å²) in [4.78, 5) is 71.6. The fraction of sp³-hybridized carbons (Fsp3) is 0.383. The number of likely N-dealkylation sites (tertiary alicyclic amines) is 1. The molecule has 0 bridgehead atoms. The van der Waals surface area contributed by atoms with Crippen LogP contribution in [0.25, 0.3) is 0 Å². The van der Waals surface area contributed by atoms with Gasteiger partial charge >= 0.3 is 0 Å². The fourth-order valence-electron chi connectivity index (χ4n) is 10.8. The molecule has 59 heavy (non-hydrogen) atoms. The first-order chi connectivity index (χ1) is 28.5. The molecule has 3 atom stereocenters. The highest BCUT2D eigenvalue weighted by atomic mass is 19.1. The van der Waals surface area contributed by atoms with Gasteiger partial charge in [-0.2, -0.15) is 0 Å². The van der Waals surface area contributed by atoms with E-state index in [1.165, 1.54) is 5.56 Å². The molecular formula is C47H46FN5O6. The molecule has 3 fully saturated rings. The SMILES string of the molecule is O=C1CC[C@@H](N2C(=O)c3cc4c(cc3C2=O)CN(C(=O)CN2CCC3(CC2)CCN(c2ccc([C@@H]5c6ccc(O)cc6CC[C@@H]5c5ccccc5)c(F)c2)C3)C4)C(=O)N1. The number of anilines is 1. The topological polar surface area (TPSA) is 131 Å². The van der Waals surface area contributed by atoms with Gasteiger partial charge in [0.1, 0.15) is 17.6 Å². The molecule has 4 aromatic rings. The molecule has 0 aromatic heterocycles. The van der Waals surface area contributed by atoms with Gasteiger partial charge in [0.05, 0.1) is 17.7 Å². The number of aromatic hydroxyl groups is 1. The van der Waals surface area contributed by atoms with Crippen molar-refractivity contribution in [3.05, 3.63) is 129 Å². The number of nitrogens with one attached hydrogen (secondary N) is 1. The summed E-state index contributed by atoms with van der Waals surface area (Å²) in [6.07, 6.45) is 4.77. The third-order valence-corrected chi connectivity index (χ3v) is 14.0. The van der Waals surface area contributed by atoms with Crippen molar-refractivity contribution in [3.63, 3.8) is 0 Å². The summed E-state index contributed by atoms with van der Waals surface area (Å²) >= 11 is 0. The third-order valence-electron chi connectivity index (χ3n) is 14.0. The highest BCUT2D eigenvalue weighted by molar-refractivity contribution is 6.23. The van der Waals surface area contributed by atoms with Crippen LogP contribution < -0.4 is 10.2 Å². The zero-order chi connectivity index (χ0) is 40.6. The Kier molecular flexibility index (Phi) is 9.15. The van der Waals surface area contributed by atoms with Crippen LogP contribution in [-0.2, 0) is 33.9 Å². The minimum atomic E-state index is -1.02. The number of halogens is 1. The molecule has 11 nitrogen and oxygen atoms in total. The van der Waals surface area contributed by atoms with E-state index in [0.717, 1.165) is 91.1 Å². The highest BCUT2D eigenvalue weighted by Gasteiger charge is 2.46. The molecule has 3 saturated heterocycles. The lowest BCUT2D eigenvalue weighted by Crippen LogP contribution is -2.54. The normalized spacial score (nSPS) is 23.7. The maximum atomic E-state index is 16.4. The predicted octanol–water partition coefficient (Wildman–Crippen LogP) is 5.63. The first kappa shape index (κ1) is 37.4. The van der Waals surface area contributed by atoms with Crippen LogP contribution in [0.1, 0.15) is 104 Å². The number of hydrogen-bond acceptors (Lipinski definition) is 8. The minimum Gasteiger partial charge on any atom is -0.508 e. The number of piperidine rings is 2. The Labute approximate surface area is 341 Å². The molecule has 0 saturated carbocycles. The average molecular weight is 796 g/mol. The largest absolute Gasteiger partial charge is 0.508 e. The second-order valence-electron chi connectivity index (χ2n) is 17.4. The van der Waals surface area contributed by atoms with Crippen LogP contribution in [0.5, 0.6) is 5.75 Å². The third kappa shape index (κ3) is 6.57. The molecule has 5 aliphatic heterocycles. The van der Waals surface area contributed by atoms with E-state index in [1.807, 2.05) is 36.4 Å². The van der Waals surface area contributed by atoms with Gasteiger partial charge in [-0.1, -0.05) is 42.5 Å². The van der Waals surface area contributed by atoms with Crippen LogP contribution in [0.4, 0.5) is 10.1 Å². The van der Waals surface area contributed by atoms with Gasteiger partial charge in [0.15, 0.2) is 0 Å². The summed E-state index contributed by atoms with van der Waals surface area (Å²) < 4.78 is 16.4. The Morgan fingerprint density at radius 3 is 2.17 bits per heavy atom. The quantitative estimate of drug-likeness (QED) is 0.241. The number of benzene rings is 4. The van der Waals surface area contributed by atoms with Crippen molar-refractivity contribution in [2.24, 2.45) is 5.41 Å². The maximum Gasteiger partial charge on any atom is 0.262 e. The van der Waals surface area contributed by atoms with Crippen molar-refractivity contribution in [1.29, 1.82) is 0 Å². The van der Waals surface area contributed by atoms with Crippen LogP contribution in [-0.4, -0.2) is 88.1 Å². The highest BCUT2D eigenvalue weighted by Crippen LogP contribution is 2.49. The monoisotopic (exact) mass is 795 g/mol. The smallest absolute Gasteiger partial charge is 0.262 e. The zero-order valence-corrected chi connectivity index (χ0v) is 32.8. The van der Waals surface area contributed by atoms with E-state index in [0.29, 0.717) is 18.7 Å². The molecule has 302 valence electrons. The van der Waals surface area contributed by atoms with E-state index < -0.39 is 29.7 Å². The number of aryl methyl sites for hydroxylation is 1. The Morgan fingerprint density at radius 2 is 1.47 bits per heavy atom. The summed E-state index contributed by atoms with van der Waals surface area (Å²) in [6.45, 7) is 4.24. The molecule has 1 aliphatic carbocycles. The molecule has 4 aromatic carbocycles. The molecule has 5 amide bonds. The van der Waals surface area contributed by atoms with Crippen molar-refractivity contribution >= 4 is 35.2 Å². The second-order valence-corrected chi connectivity index (χ2v) is 17.4. The van der Waals surface area contributed by atoms with Crippen molar-refractivity contribution in [1.82, 2.24) is 20.0 Å². The van der Waals surface area contributed by atoms with E-state index in [4.69, 9.17) is 0 Å². The molecule has 2 N–H and O–H groups in total. The van der Waals surface area contributed by atoms with E-state index >= 15 is 4.39 Å². The molecule has 5 heterocycles. The number of phenolic OH excluding ortho intramolecular Hbond substituents is 1. The van der Waals surface area contributed by atoms with Crippen LogP contribution in [0, 0.1) is 11.2 Å². The van der Waals surface area contributed by atoms with E-state index in [1.54, 1.807) is 29.2 Å². The lowest BCUT2D eigenvalue weighted by atomic mass is 9.69. The molecule has 12 heteroatoms. The summed E-state index contributed by atoms with van der Waals surface area (Å²) in [6, 6.07) is 24.0. The van der Waals surface area contributed by atoms with Gasteiger partial charge < -0.3 is 14.9 Å². The first-order valence-electron chi connectivity index (χ1n) is 20.8. The number of amides is 5. The predicted molar refractivity (Wildman–Crippen MR) is 216 cm³/mol. The fourth-order valence-corrected chi connectivity index (χ4v) is 10.8. The lowest BCUT2D eigenvalue weighted by Gasteiger charge is -2.39. The van der Waals surface area contributed by atoms with Gasteiger partial charge in [-0.05, 0) is 133 Å². The van der Waals surface area contributed by atoms with Crippen LogP contribution >= 0.6 is 0 Å². The Bertz CT molecular complexity index is 2380. The summed E-state index contributed by atoms with van der Waals surface area (Å²) in [5.41, 5.74) is 7.11. The van der Waals surface area contributed by atoms with Gasteiger partial charge in [-0.3, -0.25) is 39.1 Å². The molecular weight excluding hydrogens is 750 g/mol. The van der Waals surface area contributed by atoms with E-state index in [2.05, 4.69) is 33.3 Å². The van der Waals surface area contributed by atoms with Gasteiger partial charge in [0.25, 0.3) is 11.8 Å². The standard InChI is InChI=1S/C47H46FN5O6/c48-39-23-32(7-10-36(39)43-34(28-4-2-1-3-5-28)9-6-29-20-33(54)8-11-35(29)43)51-19-16-47(27-51)14-17-50(18-15-47)26-42(56)52-24-30-21-37-38(22-31(30)25-52)46(59)53(45(37)58)40-12-13-41(55)49-44(40)57/h1-5,7-8,10-11,20-23,34,40,43,54H,6,9,12-19,24-27H2,(H,49,55,57)/t34-,40-,43+/m1/s1. The summed E-state index contributed by atoms with van der Waals surface area (Å²) in [5.74, 6) is -2.16. The number of carbonyl (C=O) groups is 5. The Hall–Kier alpha value is -5.88. The number of nitrogens with zero attached hydrogens (tertiary/aromatic N) is 4. The lowest BCUT2D eigenvalue weighted by molar-refractivity contribution is -0.136. The molecule has 6 aliphatic rings. The molecule has 0 radical (unpaired) electrons. The minimum absolute atomic E-state index is 0.00404. The Balaban J connectivity index is 0.763. The van der Waals surface area contributed by atoms with Crippen molar-refractivity contribution in [2.45, 2.75) is 75.9 Å². The molecule has 0 unspecified atom stereocenters. The second kappa shape index (κ2) is 14.4. The van der Waals surface area contributed by atoms with E-state index in [9.17, 15) is 29.1 Å². The number of imide groups is 2. The van der Waals surface area contributed by atoms with E-state index in [-0.39, 0.29) is 65.2 Å². The number of hydrogen-bond donors (Lipinski definition) is 2. The Morgan fingerprint density at radius 1 is 0.780 bits per heavy atom. The zero-order valence-electron chi connectivity index (χ0n) is 32.8. The number of rotatable bonds is 6. The average Bonchev–Trinajstić information content (AvgIpc) is 3.92. The van der Waals surface area contributed by atoms with Gasteiger partial charge in [0, 0.05) is 44.2 Å². The number of carbonyl (C=O) groups excluding carboxylic acids is 5. The van der Waals surface area contributed by atoms with Gasteiger partial charge in [-0.15, -0.1) is 0 Å². The summed E-state index contributed by atoms with van der Waals surface area (Å²) in [7, 11) is 0. The van der Waals surface area contributed by atoms with Gasteiger partial charge in [-0.25, -0.2) is 4.39 Å². The van der Waals surface area contributed by atoms with Crippen molar-refractivity contribution in [3.8, 4) is 5.75 Å². The number of fused-ring (bicyclic) bond motifs is 3. The summed E-state index contributed by atoms with van der Waals surface area (Å²) in [5, 5.41) is 12.4.